The van der Waals surface area contributed by atoms with Gasteiger partial charge < -0.3 is 9.84 Å². The zero-order chi connectivity index (χ0) is 20.6. The van der Waals surface area contributed by atoms with E-state index in [2.05, 4.69) is 42.4 Å². The second-order valence-electron chi connectivity index (χ2n) is 7.06. The van der Waals surface area contributed by atoms with E-state index in [4.69, 9.17) is 9.84 Å². The van der Waals surface area contributed by atoms with Crippen LogP contribution >= 0.6 is 0 Å². The highest BCUT2D eigenvalue weighted by Crippen LogP contribution is 2.28. The molecule has 1 heterocycles. The summed E-state index contributed by atoms with van der Waals surface area (Å²) in [6, 6.07) is 18.2. The topological polar surface area (TPSA) is 71.1 Å². The Hall–Kier alpha value is -3.10. The summed E-state index contributed by atoms with van der Waals surface area (Å²) < 4.78 is 7.56. The Balaban J connectivity index is 1.88. The average Bonchev–Trinajstić information content (AvgIpc) is 3.05. The number of aryl methyl sites for hydroxylation is 2. The molecule has 0 aliphatic carbocycles. The van der Waals surface area contributed by atoms with Crippen LogP contribution in [0.4, 0.5) is 0 Å². The Bertz CT molecular complexity index is 984. The van der Waals surface area contributed by atoms with Crippen molar-refractivity contribution in [1.29, 1.82) is 5.26 Å². The molecule has 150 valence electrons. The molecular formula is C24H27N3O2. The summed E-state index contributed by atoms with van der Waals surface area (Å²) in [5.41, 5.74) is 5.94. The van der Waals surface area contributed by atoms with Crippen LogP contribution in [0.3, 0.4) is 0 Å². The van der Waals surface area contributed by atoms with Crippen molar-refractivity contribution in [2.75, 3.05) is 13.2 Å². The van der Waals surface area contributed by atoms with Gasteiger partial charge in [0.05, 0.1) is 23.9 Å². The number of hydrogen-bond donors (Lipinski definition) is 1. The lowest BCUT2D eigenvalue weighted by Gasteiger charge is -2.10. The third-order valence-electron chi connectivity index (χ3n) is 4.96. The quantitative estimate of drug-likeness (QED) is 0.593. The number of nitriles is 1. The van der Waals surface area contributed by atoms with Crippen LogP contribution in [0.25, 0.3) is 11.1 Å². The van der Waals surface area contributed by atoms with Crippen LogP contribution in [0.15, 0.2) is 48.5 Å². The molecule has 0 bridgehead atoms. The van der Waals surface area contributed by atoms with Crippen molar-refractivity contribution in [3.8, 4) is 23.1 Å². The third kappa shape index (κ3) is 4.85. The Kier molecular flexibility index (Phi) is 7.04. The number of unbranched alkanes of at least 4 members (excludes halogenated alkanes) is 1. The van der Waals surface area contributed by atoms with E-state index in [1.165, 1.54) is 0 Å². The SMILES string of the molecule is CCCCc1nn(C)c(OCCO)c1Cc1ccc(-c2ccccc2C#N)cc1. The molecule has 3 rings (SSSR count). The monoisotopic (exact) mass is 389 g/mol. The van der Waals surface area contributed by atoms with Crippen molar-refractivity contribution in [2.24, 2.45) is 7.05 Å². The first-order chi connectivity index (χ1) is 14.2. The molecule has 5 nitrogen and oxygen atoms in total. The fourth-order valence-corrected chi connectivity index (χ4v) is 3.49. The van der Waals surface area contributed by atoms with Crippen LogP contribution in [-0.4, -0.2) is 28.1 Å². The summed E-state index contributed by atoms with van der Waals surface area (Å²) in [5.74, 6) is 0.726. The van der Waals surface area contributed by atoms with E-state index in [0.717, 1.165) is 53.1 Å². The first-order valence-corrected chi connectivity index (χ1v) is 10.0. The molecule has 0 spiro atoms. The maximum Gasteiger partial charge on any atom is 0.215 e. The highest BCUT2D eigenvalue weighted by Gasteiger charge is 2.18. The Labute approximate surface area is 172 Å². The zero-order valence-electron chi connectivity index (χ0n) is 17.1. The molecule has 0 fully saturated rings. The van der Waals surface area contributed by atoms with Crippen molar-refractivity contribution in [3.63, 3.8) is 0 Å². The van der Waals surface area contributed by atoms with Gasteiger partial charge >= 0.3 is 0 Å². The van der Waals surface area contributed by atoms with Gasteiger partial charge in [0.1, 0.15) is 6.61 Å². The maximum absolute atomic E-state index is 9.34. The van der Waals surface area contributed by atoms with Gasteiger partial charge in [-0.1, -0.05) is 55.8 Å². The van der Waals surface area contributed by atoms with E-state index in [1.807, 2.05) is 31.3 Å². The number of aliphatic hydroxyl groups excluding tert-OH is 1. The molecule has 29 heavy (non-hydrogen) atoms. The first-order valence-electron chi connectivity index (χ1n) is 10.0. The zero-order valence-corrected chi connectivity index (χ0v) is 17.1. The Morgan fingerprint density at radius 3 is 2.59 bits per heavy atom. The maximum atomic E-state index is 9.34. The van der Waals surface area contributed by atoms with Gasteiger partial charge in [0.2, 0.25) is 5.88 Å². The summed E-state index contributed by atoms with van der Waals surface area (Å²) in [7, 11) is 1.88. The summed E-state index contributed by atoms with van der Waals surface area (Å²) in [5, 5.41) is 23.2. The van der Waals surface area contributed by atoms with Gasteiger partial charge in [-0.05, 0) is 35.6 Å². The van der Waals surface area contributed by atoms with Gasteiger partial charge in [-0.3, -0.25) is 0 Å². The molecule has 0 aliphatic heterocycles. The molecular weight excluding hydrogens is 362 g/mol. The van der Waals surface area contributed by atoms with Crippen LogP contribution in [0, 0.1) is 11.3 Å². The molecule has 0 radical (unpaired) electrons. The Morgan fingerprint density at radius 2 is 1.90 bits per heavy atom. The number of nitrogens with zero attached hydrogens (tertiary/aromatic N) is 3. The van der Waals surface area contributed by atoms with E-state index < -0.39 is 0 Å². The normalized spacial score (nSPS) is 10.7. The minimum atomic E-state index is -0.0259. The second-order valence-corrected chi connectivity index (χ2v) is 7.06. The third-order valence-corrected chi connectivity index (χ3v) is 4.96. The standard InChI is InChI=1S/C24H27N3O2/c1-3-4-9-23-22(24(27(2)26-23)29-15-14-28)16-18-10-12-19(13-11-18)21-8-6-5-7-20(21)17-25/h5-8,10-13,28H,3-4,9,14-16H2,1-2H3. The summed E-state index contributed by atoms with van der Waals surface area (Å²) in [6.45, 7) is 2.40. The molecule has 0 amide bonds. The lowest BCUT2D eigenvalue weighted by atomic mass is 9.97. The second kappa shape index (κ2) is 9.90. The summed E-state index contributed by atoms with van der Waals surface area (Å²) in [4.78, 5) is 0. The fourth-order valence-electron chi connectivity index (χ4n) is 3.49. The minimum Gasteiger partial charge on any atom is -0.475 e. The summed E-state index contributed by atoms with van der Waals surface area (Å²) in [6.07, 6.45) is 3.81. The molecule has 0 atom stereocenters. The predicted octanol–water partition coefficient (Wildman–Crippen LogP) is 4.26. The lowest BCUT2D eigenvalue weighted by Crippen LogP contribution is -2.07. The van der Waals surface area contributed by atoms with Crippen molar-refractivity contribution >= 4 is 0 Å². The van der Waals surface area contributed by atoms with E-state index in [1.54, 1.807) is 4.68 Å². The van der Waals surface area contributed by atoms with Crippen LogP contribution in [-0.2, 0) is 19.9 Å². The fraction of sp³-hybridized carbons (Fsp3) is 0.333. The van der Waals surface area contributed by atoms with Crippen molar-refractivity contribution in [3.05, 3.63) is 70.9 Å². The number of hydrogen-bond acceptors (Lipinski definition) is 4. The minimum absolute atomic E-state index is 0.0259. The molecule has 3 aromatic rings. The van der Waals surface area contributed by atoms with E-state index >= 15 is 0 Å². The van der Waals surface area contributed by atoms with Gasteiger partial charge in [0.25, 0.3) is 0 Å². The smallest absolute Gasteiger partial charge is 0.215 e. The largest absolute Gasteiger partial charge is 0.475 e. The van der Waals surface area contributed by atoms with Crippen molar-refractivity contribution in [2.45, 2.75) is 32.6 Å². The van der Waals surface area contributed by atoms with Gasteiger partial charge in [0, 0.05) is 19.0 Å². The highest BCUT2D eigenvalue weighted by atomic mass is 16.5. The first kappa shape index (κ1) is 20.6. The molecule has 1 N–H and O–H groups in total. The van der Waals surface area contributed by atoms with E-state index in [0.29, 0.717) is 12.0 Å². The van der Waals surface area contributed by atoms with Crippen LogP contribution in [0.1, 0.15) is 42.1 Å². The van der Waals surface area contributed by atoms with Crippen LogP contribution in [0.5, 0.6) is 5.88 Å². The number of benzene rings is 2. The van der Waals surface area contributed by atoms with Gasteiger partial charge in [-0.25, -0.2) is 4.68 Å². The molecule has 5 heteroatoms. The molecule has 0 aliphatic rings. The van der Waals surface area contributed by atoms with Crippen molar-refractivity contribution < 1.29 is 9.84 Å². The predicted molar refractivity (Wildman–Crippen MR) is 114 cm³/mol. The van der Waals surface area contributed by atoms with Crippen LogP contribution < -0.4 is 4.74 Å². The van der Waals surface area contributed by atoms with E-state index in [-0.39, 0.29) is 13.2 Å². The number of rotatable bonds is 9. The lowest BCUT2D eigenvalue weighted by molar-refractivity contribution is 0.190. The molecule has 1 aromatic heterocycles. The summed E-state index contributed by atoms with van der Waals surface area (Å²) >= 11 is 0. The molecule has 0 unspecified atom stereocenters. The number of aliphatic hydroxyl groups is 1. The Morgan fingerprint density at radius 1 is 1.14 bits per heavy atom. The molecule has 2 aromatic carbocycles. The van der Waals surface area contributed by atoms with Gasteiger partial charge in [-0.2, -0.15) is 10.4 Å². The molecule has 0 saturated heterocycles. The average molecular weight is 389 g/mol. The molecule has 0 saturated carbocycles. The van der Waals surface area contributed by atoms with Gasteiger partial charge in [-0.15, -0.1) is 0 Å². The number of ether oxygens (including phenoxy) is 1. The van der Waals surface area contributed by atoms with Gasteiger partial charge in [0.15, 0.2) is 0 Å². The number of aromatic nitrogens is 2. The van der Waals surface area contributed by atoms with E-state index in [9.17, 15) is 5.26 Å². The van der Waals surface area contributed by atoms with Crippen LogP contribution in [0.2, 0.25) is 0 Å². The van der Waals surface area contributed by atoms with Crippen molar-refractivity contribution in [1.82, 2.24) is 9.78 Å². The highest BCUT2D eigenvalue weighted by molar-refractivity contribution is 5.70.